The van der Waals surface area contributed by atoms with E-state index in [-0.39, 0.29) is 23.9 Å². The van der Waals surface area contributed by atoms with Crippen molar-refractivity contribution in [1.29, 1.82) is 0 Å². The third-order valence-electron chi connectivity index (χ3n) is 4.77. The van der Waals surface area contributed by atoms with Crippen LogP contribution in [0.4, 0.5) is 15.9 Å². The first-order valence-electron chi connectivity index (χ1n) is 9.46. The van der Waals surface area contributed by atoms with Gasteiger partial charge >= 0.3 is 0 Å². The molecule has 150 valence electrons. The number of halogens is 1. The normalized spacial score (nSPS) is 19.2. The van der Waals surface area contributed by atoms with Crippen LogP contribution in [0.1, 0.15) is 24.2 Å². The van der Waals surface area contributed by atoms with Crippen molar-refractivity contribution < 1.29 is 13.9 Å². The maximum Gasteiger partial charge on any atom is 0.259 e. The summed E-state index contributed by atoms with van der Waals surface area (Å²) < 4.78 is 18.9. The number of ether oxygens (including phenoxy) is 1. The highest BCUT2D eigenvalue weighted by Crippen LogP contribution is 2.23. The van der Waals surface area contributed by atoms with Gasteiger partial charge in [-0.3, -0.25) is 9.89 Å². The minimum atomic E-state index is -0.338. The average molecular weight is 395 g/mol. The standard InChI is InChI=1S/C21H22FN5O2/c1-13-11-27(12-14(2)29-13)19-8-7-17(9-23-19)25-21(28)18-10-24-26-20(18)15-3-5-16(22)6-4-15/h3-10,13-14H,11-12H2,1-2H3,(H,24,26)(H,25,28)/t13-,14-/m1/s1. The monoisotopic (exact) mass is 395 g/mol. The lowest BCUT2D eigenvalue weighted by Crippen LogP contribution is -2.45. The fraction of sp³-hybridized carbons (Fsp3) is 0.286. The van der Waals surface area contributed by atoms with Gasteiger partial charge in [0, 0.05) is 18.7 Å². The quantitative estimate of drug-likeness (QED) is 0.707. The van der Waals surface area contributed by atoms with Crippen molar-refractivity contribution in [3.8, 4) is 11.3 Å². The number of hydrogen-bond donors (Lipinski definition) is 2. The van der Waals surface area contributed by atoms with Crippen LogP contribution in [0.5, 0.6) is 0 Å². The van der Waals surface area contributed by atoms with Crippen molar-refractivity contribution in [2.45, 2.75) is 26.1 Å². The largest absolute Gasteiger partial charge is 0.372 e. The Morgan fingerprint density at radius 3 is 2.52 bits per heavy atom. The van der Waals surface area contributed by atoms with Crippen LogP contribution in [0.25, 0.3) is 11.3 Å². The maximum atomic E-state index is 13.2. The number of aromatic amines is 1. The number of hydrogen-bond acceptors (Lipinski definition) is 5. The Bertz CT molecular complexity index is 977. The van der Waals surface area contributed by atoms with Gasteiger partial charge in [0.25, 0.3) is 5.91 Å². The molecular weight excluding hydrogens is 373 g/mol. The number of pyridine rings is 1. The first-order valence-corrected chi connectivity index (χ1v) is 9.46. The van der Waals surface area contributed by atoms with Gasteiger partial charge in [0.15, 0.2) is 0 Å². The fourth-order valence-electron chi connectivity index (χ4n) is 3.51. The maximum absolute atomic E-state index is 13.2. The minimum Gasteiger partial charge on any atom is -0.372 e. The van der Waals surface area contributed by atoms with E-state index < -0.39 is 0 Å². The van der Waals surface area contributed by atoms with Gasteiger partial charge in [-0.15, -0.1) is 0 Å². The molecule has 1 aromatic carbocycles. The van der Waals surface area contributed by atoms with E-state index in [2.05, 4.69) is 25.4 Å². The Labute approximate surface area is 167 Å². The molecule has 2 atom stereocenters. The third-order valence-corrected chi connectivity index (χ3v) is 4.77. The molecule has 0 bridgehead atoms. The van der Waals surface area contributed by atoms with Crippen LogP contribution in [-0.2, 0) is 4.74 Å². The van der Waals surface area contributed by atoms with Crippen LogP contribution < -0.4 is 10.2 Å². The van der Waals surface area contributed by atoms with Gasteiger partial charge in [0.2, 0.25) is 0 Å². The number of nitrogens with zero attached hydrogens (tertiary/aromatic N) is 3. The second-order valence-corrected chi connectivity index (χ2v) is 7.19. The number of H-pyrrole nitrogens is 1. The highest BCUT2D eigenvalue weighted by molar-refractivity contribution is 6.07. The van der Waals surface area contributed by atoms with Crippen molar-refractivity contribution in [3.05, 3.63) is 60.2 Å². The SMILES string of the molecule is C[C@@H]1CN(c2ccc(NC(=O)c3cn[nH]c3-c3ccc(F)cc3)cn2)C[C@@H](C)O1. The second kappa shape index (κ2) is 8.00. The highest BCUT2D eigenvalue weighted by atomic mass is 19.1. The number of aromatic nitrogens is 3. The van der Waals surface area contributed by atoms with Crippen molar-refractivity contribution in [2.75, 3.05) is 23.3 Å². The molecule has 0 spiro atoms. The Kier molecular flexibility index (Phi) is 5.26. The van der Waals surface area contributed by atoms with Gasteiger partial charge < -0.3 is 15.0 Å². The first-order chi connectivity index (χ1) is 14.0. The van der Waals surface area contributed by atoms with Gasteiger partial charge in [-0.1, -0.05) is 0 Å². The van der Waals surface area contributed by atoms with Crippen LogP contribution in [0.3, 0.4) is 0 Å². The number of carbonyl (C=O) groups excluding carboxylic acids is 1. The Hall–Kier alpha value is -3.26. The molecule has 3 aromatic rings. The summed E-state index contributed by atoms with van der Waals surface area (Å²) in [6, 6.07) is 9.58. The molecule has 1 saturated heterocycles. The van der Waals surface area contributed by atoms with Crippen LogP contribution >= 0.6 is 0 Å². The van der Waals surface area contributed by atoms with E-state index in [4.69, 9.17) is 4.74 Å². The predicted octanol–water partition coefficient (Wildman–Crippen LogP) is 3.48. The average Bonchev–Trinajstić information content (AvgIpc) is 3.18. The van der Waals surface area contributed by atoms with Crippen LogP contribution in [-0.4, -0.2) is 46.4 Å². The summed E-state index contributed by atoms with van der Waals surface area (Å²) >= 11 is 0. The van der Waals surface area contributed by atoms with Gasteiger partial charge in [0.1, 0.15) is 11.6 Å². The number of morpholine rings is 1. The molecule has 1 amide bonds. The Morgan fingerprint density at radius 2 is 1.86 bits per heavy atom. The summed E-state index contributed by atoms with van der Waals surface area (Å²) in [7, 11) is 0. The summed E-state index contributed by atoms with van der Waals surface area (Å²) in [5, 5.41) is 9.60. The highest BCUT2D eigenvalue weighted by Gasteiger charge is 2.23. The van der Waals surface area contributed by atoms with Gasteiger partial charge in [-0.2, -0.15) is 5.10 Å². The molecule has 4 rings (SSSR count). The molecule has 0 radical (unpaired) electrons. The van der Waals surface area contributed by atoms with Crippen LogP contribution in [0.15, 0.2) is 48.8 Å². The van der Waals surface area contributed by atoms with E-state index in [1.807, 2.05) is 26.0 Å². The molecule has 1 fully saturated rings. The van der Waals surface area contributed by atoms with E-state index in [1.54, 1.807) is 18.3 Å². The van der Waals surface area contributed by atoms with Crippen molar-refractivity contribution in [3.63, 3.8) is 0 Å². The summed E-state index contributed by atoms with van der Waals surface area (Å²) in [4.78, 5) is 19.4. The van der Waals surface area contributed by atoms with Gasteiger partial charge in [0.05, 0.1) is 41.5 Å². The van der Waals surface area contributed by atoms with Crippen molar-refractivity contribution in [2.24, 2.45) is 0 Å². The zero-order valence-corrected chi connectivity index (χ0v) is 16.2. The van der Waals surface area contributed by atoms with Crippen molar-refractivity contribution in [1.82, 2.24) is 15.2 Å². The molecule has 3 heterocycles. The number of carbonyl (C=O) groups is 1. The third kappa shape index (κ3) is 4.27. The molecular formula is C21H22FN5O2. The molecule has 29 heavy (non-hydrogen) atoms. The molecule has 0 aliphatic carbocycles. The number of amides is 1. The molecule has 7 nitrogen and oxygen atoms in total. The number of nitrogens with one attached hydrogen (secondary N) is 2. The van der Waals surface area contributed by atoms with E-state index in [0.29, 0.717) is 22.5 Å². The van der Waals surface area contributed by atoms with E-state index in [0.717, 1.165) is 18.9 Å². The summed E-state index contributed by atoms with van der Waals surface area (Å²) in [5.41, 5.74) is 2.16. The Morgan fingerprint density at radius 1 is 1.14 bits per heavy atom. The molecule has 8 heteroatoms. The predicted molar refractivity (Wildman–Crippen MR) is 108 cm³/mol. The van der Waals surface area contributed by atoms with Crippen molar-refractivity contribution >= 4 is 17.4 Å². The molecule has 2 aromatic heterocycles. The molecule has 1 aliphatic heterocycles. The minimum absolute atomic E-state index is 0.144. The topological polar surface area (TPSA) is 83.1 Å². The first kappa shape index (κ1) is 19.1. The van der Waals surface area contributed by atoms with E-state index in [1.165, 1.54) is 18.3 Å². The zero-order chi connectivity index (χ0) is 20.4. The summed E-state index contributed by atoms with van der Waals surface area (Å²) in [5.74, 6) is 0.191. The van der Waals surface area contributed by atoms with Crippen LogP contribution in [0, 0.1) is 5.82 Å². The Balaban J connectivity index is 1.47. The number of benzene rings is 1. The second-order valence-electron chi connectivity index (χ2n) is 7.19. The number of rotatable bonds is 4. The molecule has 2 N–H and O–H groups in total. The van der Waals surface area contributed by atoms with Crippen LogP contribution in [0.2, 0.25) is 0 Å². The number of anilines is 2. The van der Waals surface area contributed by atoms with Gasteiger partial charge in [-0.25, -0.2) is 9.37 Å². The lowest BCUT2D eigenvalue weighted by molar-refractivity contribution is -0.00545. The zero-order valence-electron chi connectivity index (χ0n) is 16.2. The smallest absolute Gasteiger partial charge is 0.259 e. The molecule has 0 unspecified atom stereocenters. The van der Waals surface area contributed by atoms with Gasteiger partial charge in [-0.05, 0) is 50.2 Å². The molecule has 0 saturated carbocycles. The molecule has 1 aliphatic rings. The van der Waals surface area contributed by atoms with E-state index >= 15 is 0 Å². The summed E-state index contributed by atoms with van der Waals surface area (Å²) in [6.45, 7) is 5.64. The fourth-order valence-corrected chi connectivity index (χ4v) is 3.51. The lowest BCUT2D eigenvalue weighted by Gasteiger charge is -2.36. The summed E-state index contributed by atoms with van der Waals surface area (Å²) in [6.07, 6.45) is 3.37. The van der Waals surface area contributed by atoms with E-state index in [9.17, 15) is 9.18 Å². The lowest BCUT2D eigenvalue weighted by atomic mass is 10.1.